The number of hydrogen-bond acceptors (Lipinski definition) is 4. The van der Waals surface area contributed by atoms with Gasteiger partial charge in [-0.25, -0.2) is 9.37 Å². The van der Waals surface area contributed by atoms with Crippen LogP contribution in [0.1, 0.15) is 5.56 Å². The molecule has 2 aromatic heterocycles. The van der Waals surface area contributed by atoms with Crippen LogP contribution in [-0.4, -0.2) is 9.97 Å². The zero-order chi connectivity index (χ0) is 16.4. The number of pyridine rings is 2. The number of nitrogen functional groups attached to an aromatic ring is 1. The Morgan fingerprint density at radius 3 is 2.48 bits per heavy atom. The molecule has 0 atom stereocenters. The van der Waals surface area contributed by atoms with Crippen LogP contribution in [0.3, 0.4) is 0 Å². The second kappa shape index (κ2) is 6.15. The fraction of sp³-hybridized carbons (Fsp3) is 0. The lowest BCUT2D eigenvalue weighted by molar-refractivity contribution is 0.630. The lowest BCUT2D eigenvalue weighted by Gasteiger charge is -2.11. The van der Waals surface area contributed by atoms with Crippen molar-refractivity contribution in [3.05, 3.63) is 64.6 Å². The summed E-state index contributed by atoms with van der Waals surface area (Å²) in [7, 11) is 0. The molecule has 0 fully saturated rings. The first-order chi connectivity index (χ1) is 11.1. The number of nitrogens with zero attached hydrogens (tertiary/aromatic N) is 3. The van der Waals surface area contributed by atoms with Gasteiger partial charge in [0.15, 0.2) is 0 Å². The molecule has 112 valence electrons. The first-order valence-electron chi connectivity index (χ1n) is 6.66. The Kier molecular flexibility index (Phi) is 4.04. The van der Waals surface area contributed by atoms with Crippen molar-refractivity contribution >= 4 is 21.7 Å². The summed E-state index contributed by atoms with van der Waals surface area (Å²) in [4.78, 5) is 8.20. The van der Waals surface area contributed by atoms with Crippen LogP contribution in [0.15, 0.2) is 53.3 Å². The third-order valence-corrected chi connectivity index (χ3v) is 3.85. The topological polar surface area (TPSA) is 75.6 Å². The number of benzene rings is 1. The van der Waals surface area contributed by atoms with E-state index >= 15 is 0 Å². The number of rotatable bonds is 2. The second-order valence-electron chi connectivity index (χ2n) is 4.79. The second-order valence-corrected chi connectivity index (χ2v) is 5.70. The molecule has 0 saturated heterocycles. The fourth-order valence-electron chi connectivity index (χ4n) is 2.27. The van der Waals surface area contributed by atoms with E-state index in [2.05, 4.69) is 25.9 Å². The lowest BCUT2D eigenvalue weighted by Crippen LogP contribution is -2.00. The van der Waals surface area contributed by atoms with Gasteiger partial charge in [0.25, 0.3) is 0 Å². The Hall–Kier alpha value is -2.78. The summed E-state index contributed by atoms with van der Waals surface area (Å²) in [5, 5.41) is 9.36. The van der Waals surface area contributed by atoms with Crippen LogP contribution in [0.2, 0.25) is 0 Å². The van der Waals surface area contributed by atoms with Crippen LogP contribution in [0.4, 0.5) is 10.2 Å². The molecule has 0 aliphatic carbocycles. The molecular formula is C17H10BrFN4. The fourth-order valence-corrected chi connectivity index (χ4v) is 2.61. The van der Waals surface area contributed by atoms with Crippen molar-refractivity contribution in [2.75, 3.05) is 5.73 Å². The number of aromatic nitrogens is 2. The van der Waals surface area contributed by atoms with E-state index in [0.29, 0.717) is 21.3 Å². The summed E-state index contributed by atoms with van der Waals surface area (Å²) in [5.41, 5.74) is 8.12. The van der Waals surface area contributed by atoms with Gasteiger partial charge >= 0.3 is 0 Å². The van der Waals surface area contributed by atoms with Crippen molar-refractivity contribution < 1.29 is 4.39 Å². The zero-order valence-corrected chi connectivity index (χ0v) is 13.4. The average Bonchev–Trinajstić information content (AvgIpc) is 2.55. The van der Waals surface area contributed by atoms with Crippen LogP contribution in [-0.2, 0) is 0 Å². The van der Waals surface area contributed by atoms with Crippen LogP contribution in [0.25, 0.3) is 22.4 Å². The van der Waals surface area contributed by atoms with Gasteiger partial charge in [-0.05, 0) is 30.3 Å². The number of nitriles is 1. The molecule has 1 aromatic carbocycles. The standard InChI is InChI=1S/C17H10BrFN4/c18-11-1-2-12(15(19)7-11)13-8-16(10-3-5-22-6-4-10)23-17(21)14(13)9-20/h1-8H,(H2,21,23). The molecule has 0 aliphatic heterocycles. The zero-order valence-electron chi connectivity index (χ0n) is 11.8. The van der Waals surface area contributed by atoms with E-state index in [-0.39, 0.29) is 11.4 Å². The number of hydrogen-bond donors (Lipinski definition) is 1. The highest BCUT2D eigenvalue weighted by Crippen LogP contribution is 2.33. The van der Waals surface area contributed by atoms with Gasteiger partial charge in [-0.1, -0.05) is 22.0 Å². The van der Waals surface area contributed by atoms with Gasteiger partial charge in [-0.2, -0.15) is 5.26 Å². The molecule has 0 radical (unpaired) electrons. The number of nitrogens with two attached hydrogens (primary N) is 1. The van der Waals surface area contributed by atoms with Gasteiger partial charge < -0.3 is 5.73 Å². The Labute approximate surface area is 140 Å². The highest BCUT2D eigenvalue weighted by Gasteiger charge is 2.16. The van der Waals surface area contributed by atoms with Gasteiger partial charge in [-0.15, -0.1) is 0 Å². The Balaban J connectivity index is 2.27. The minimum atomic E-state index is -0.442. The van der Waals surface area contributed by atoms with E-state index in [1.54, 1.807) is 42.7 Å². The molecule has 3 aromatic rings. The average molecular weight is 369 g/mol. The van der Waals surface area contributed by atoms with Crippen molar-refractivity contribution in [2.45, 2.75) is 0 Å². The van der Waals surface area contributed by atoms with Crippen LogP contribution >= 0.6 is 15.9 Å². The van der Waals surface area contributed by atoms with E-state index in [4.69, 9.17) is 5.73 Å². The van der Waals surface area contributed by atoms with E-state index in [1.165, 1.54) is 6.07 Å². The van der Waals surface area contributed by atoms with E-state index in [0.717, 1.165) is 5.56 Å². The minimum Gasteiger partial charge on any atom is -0.383 e. The molecule has 2 heterocycles. The Morgan fingerprint density at radius 2 is 1.83 bits per heavy atom. The van der Waals surface area contributed by atoms with Crippen molar-refractivity contribution in [3.8, 4) is 28.5 Å². The maximum atomic E-state index is 14.3. The van der Waals surface area contributed by atoms with Gasteiger partial charge in [0, 0.05) is 33.6 Å². The monoisotopic (exact) mass is 368 g/mol. The molecule has 0 unspecified atom stereocenters. The van der Waals surface area contributed by atoms with Gasteiger partial charge in [0.05, 0.1) is 5.69 Å². The summed E-state index contributed by atoms with van der Waals surface area (Å²) in [6.07, 6.45) is 3.26. The molecule has 0 aliphatic rings. The molecule has 0 bridgehead atoms. The Bertz CT molecular complexity index is 920. The predicted octanol–water partition coefficient (Wildman–Crippen LogP) is 4.17. The van der Waals surface area contributed by atoms with E-state index in [9.17, 15) is 9.65 Å². The summed E-state index contributed by atoms with van der Waals surface area (Å²) in [5.74, 6) is -0.374. The first-order valence-corrected chi connectivity index (χ1v) is 7.46. The molecule has 3 rings (SSSR count). The molecular weight excluding hydrogens is 359 g/mol. The van der Waals surface area contributed by atoms with Crippen molar-refractivity contribution in [3.63, 3.8) is 0 Å². The van der Waals surface area contributed by atoms with Gasteiger partial charge in [-0.3, -0.25) is 4.98 Å². The van der Waals surface area contributed by atoms with Crippen LogP contribution in [0.5, 0.6) is 0 Å². The number of halogens is 2. The smallest absolute Gasteiger partial charge is 0.142 e. The summed E-state index contributed by atoms with van der Waals surface area (Å²) in [6.45, 7) is 0. The third kappa shape index (κ3) is 2.91. The molecule has 6 heteroatoms. The SMILES string of the molecule is N#Cc1c(-c2ccc(Br)cc2F)cc(-c2ccncc2)nc1N. The molecule has 2 N–H and O–H groups in total. The molecule has 0 saturated carbocycles. The summed E-state index contributed by atoms with van der Waals surface area (Å²) < 4.78 is 14.9. The van der Waals surface area contributed by atoms with E-state index in [1.807, 2.05) is 6.07 Å². The summed E-state index contributed by atoms with van der Waals surface area (Å²) in [6, 6.07) is 11.9. The largest absolute Gasteiger partial charge is 0.383 e. The molecule has 4 nitrogen and oxygen atoms in total. The van der Waals surface area contributed by atoms with Crippen LogP contribution in [0, 0.1) is 17.1 Å². The molecule has 0 spiro atoms. The van der Waals surface area contributed by atoms with E-state index < -0.39 is 5.82 Å². The maximum absolute atomic E-state index is 14.3. The maximum Gasteiger partial charge on any atom is 0.142 e. The third-order valence-electron chi connectivity index (χ3n) is 3.36. The van der Waals surface area contributed by atoms with Crippen molar-refractivity contribution in [2.24, 2.45) is 0 Å². The quantitative estimate of drug-likeness (QED) is 0.736. The normalized spacial score (nSPS) is 10.3. The number of anilines is 1. The highest BCUT2D eigenvalue weighted by atomic mass is 79.9. The molecule has 0 amide bonds. The van der Waals surface area contributed by atoms with Gasteiger partial charge in [0.2, 0.25) is 0 Å². The summed E-state index contributed by atoms with van der Waals surface area (Å²) >= 11 is 3.22. The first kappa shape index (κ1) is 15.1. The van der Waals surface area contributed by atoms with Gasteiger partial charge in [0.1, 0.15) is 23.3 Å². The van der Waals surface area contributed by atoms with Crippen molar-refractivity contribution in [1.29, 1.82) is 5.26 Å². The molecule has 23 heavy (non-hydrogen) atoms. The highest BCUT2D eigenvalue weighted by molar-refractivity contribution is 9.10. The predicted molar refractivity (Wildman–Crippen MR) is 89.7 cm³/mol. The van der Waals surface area contributed by atoms with Crippen LogP contribution < -0.4 is 5.73 Å². The lowest BCUT2D eigenvalue weighted by atomic mass is 9.98. The minimum absolute atomic E-state index is 0.0686. The Morgan fingerprint density at radius 1 is 1.09 bits per heavy atom. The van der Waals surface area contributed by atoms with Crippen molar-refractivity contribution in [1.82, 2.24) is 9.97 Å².